The van der Waals surface area contributed by atoms with Gasteiger partial charge in [0.25, 0.3) is 0 Å². The molecule has 0 N–H and O–H groups in total. The Hall–Kier alpha value is 1.75. The molecule has 0 aromatic heterocycles. The van der Waals surface area contributed by atoms with Crippen molar-refractivity contribution in [3.05, 3.63) is 0 Å². The molecule has 0 aromatic carbocycles. The van der Waals surface area contributed by atoms with Crippen LogP contribution in [0, 0.1) is 0 Å². The third kappa shape index (κ3) is 32.9. The van der Waals surface area contributed by atoms with Crippen LogP contribution in [0.3, 0.4) is 0 Å². The Morgan fingerprint density at radius 3 is 0.579 bits per heavy atom. The Morgan fingerprint density at radius 1 is 0.474 bits per heavy atom. The van der Waals surface area contributed by atoms with E-state index in [0.29, 0.717) is 0 Å². The normalized spacial score (nSPS) is 9.47. The largest absolute Gasteiger partial charge is 3.00 e. The van der Waals surface area contributed by atoms with Crippen molar-refractivity contribution < 1.29 is 41.8 Å². The molecule has 0 fully saturated rings. The molecule has 0 saturated carbocycles. The second-order valence-electron chi connectivity index (χ2n) is 1.77. The van der Waals surface area contributed by atoms with Gasteiger partial charge >= 0.3 is 24.4 Å². The molecule has 0 aliphatic rings. The van der Waals surface area contributed by atoms with Crippen LogP contribution in [0.25, 0.3) is 0 Å². The molecule has 0 saturated heterocycles. The van der Waals surface area contributed by atoms with Gasteiger partial charge in [-0.1, -0.05) is 0 Å². The summed E-state index contributed by atoms with van der Waals surface area (Å²) in [5, 5.41) is 0. The minimum absolute atomic E-state index is 0. The first-order valence-electron chi connectivity index (χ1n) is 4.09. The van der Waals surface area contributed by atoms with Gasteiger partial charge in [0.15, 0.2) is 0 Å². The van der Waals surface area contributed by atoms with Gasteiger partial charge in [0.1, 0.15) is 0 Å². The first-order chi connectivity index (χ1) is 8.42. The van der Waals surface area contributed by atoms with E-state index in [1.165, 1.54) is 42.7 Å². The molecule has 0 aliphatic carbocycles. The number of hydrogen-bond donors (Lipinski definition) is 0. The van der Waals surface area contributed by atoms with Crippen LogP contribution in [0.2, 0.25) is 0 Å². The van der Waals surface area contributed by atoms with Crippen molar-refractivity contribution in [1.82, 2.24) is 0 Å². The van der Waals surface area contributed by atoms with Crippen LogP contribution in [0.1, 0.15) is 0 Å². The topological polar surface area (TPSA) is 125 Å². The average Bonchev–Trinajstić information content (AvgIpc) is 2.45. The van der Waals surface area contributed by atoms with Gasteiger partial charge in [-0.15, -0.1) is 0 Å². The molecule has 13 heteroatoms. The van der Waals surface area contributed by atoms with Crippen LogP contribution < -0.4 is 14.7 Å². The van der Waals surface area contributed by atoms with Crippen LogP contribution in [0.4, 0.5) is 0 Å². The zero-order valence-electron chi connectivity index (χ0n) is 11.5. The van der Waals surface area contributed by atoms with Crippen molar-refractivity contribution in [2.24, 2.45) is 0 Å². The Bertz CT molecular complexity index is 113. The minimum Gasteiger partial charge on any atom is -0.786 e. The van der Waals surface area contributed by atoms with Crippen molar-refractivity contribution in [2.45, 2.75) is 0 Å². The molecule has 116 valence electrons. The van der Waals surface area contributed by atoms with Gasteiger partial charge in [-0.3, -0.25) is 0 Å². The zero-order chi connectivity index (χ0) is 15.0. The van der Waals surface area contributed by atoms with E-state index >= 15 is 0 Å². The predicted octanol–water partition coefficient (Wildman–Crippen LogP) is -0.782. The predicted molar refractivity (Wildman–Crippen MR) is 68.6 cm³/mol. The number of rotatable bonds is 6. The van der Waals surface area contributed by atoms with Gasteiger partial charge in [0, 0.05) is 42.7 Å². The van der Waals surface area contributed by atoms with Crippen molar-refractivity contribution in [3.63, 3.8) is 0 Å². The third-order valence-electron chi connectivity index (χ3n) is 0.894. The van der Waals surface area contributed by atoms with E-state index in [4.69, 9.17) is 0 Å². The quantitative estimate of drug-likeness (QED) is 0.380. The van der Waals surface area contributed by atoms with Crippen LogP contribution >= 0.6 is 25.8 Å². The van der Waals surface area contributed by atoms with Gasteiger partial charge in [-0.25, -0.2) is 0 Å². The third-order valence-corrected chi connectivity index (χ3v) is 2.68. The molecular formula is C6H18O9P3Sb. The van der Waals surface area contributed by atoms with Gasteiger partial charge in [-0.05, 0) is 0 Å². The second-order valence-corrected chi connectivity index (χ2v) is 5.30. The van der Waals surface area contributed by atoms with E-state index in [0.717, 1.165) is 0 Å². The summed E-state index contributed by atoms with van der Waals surface area (Å²) in [5.74, 6) is 0. The van der Waals surface area contributed by atoms with Crippen LogP contribution in [0.15, 0.2) is 0 Å². The standard InChI is InChI=1S/3C2H6O3P.Sb/c3*1-4-6(3)5-2;/h3*1-2H3;/q3*-1;+3. The fraction of sp³-hybridized carbons (Fsp3) is 1.00. The Morgan fingerprint density at radius 2 is 0.579 bits per heavy atom. The van der Waals surface area contributed by atoms with Crippen molar-refractivity contribution >= 4 is 50.2 Å². The average molecular weight is 449 g/mol. The maximum Gasteiger partial charge on any atom is 3.00 e. The fourth-order valence-corrected chi connectivity index (χ4v) is 0.671. The zero-order valence-corrected chi connectivity index (χ0v) is 16.7. The molecule has 0 heterocycles. The first-order valence-corrected chi connectivity index (χ1v) is 7.38. The Kier molecular flexibility index (Phi) is 37.6. The van der Waals surface area contributed by atoms with E-state index in [1.54, 1.807) is 0 Å². The molecule has 0 atom stereocenters. The molecule has 0 aromatic rings. The molecule has 0 bridgehead atoms. The van der Waals surface area contributed by atoms with Gasteiger partial charge in [0.2, 0.25) is 0 Å². The summed E-state index contributed by atoms with van der Waals surface area (Å²) in [5.41, 5.74) is 0. The summed E-state index contributed by atoms with van der Waals surface area (Å²) >= 11 is 0. The maximum absolute atomic E-state index is 9.88. The molecular weight excluding hydrogens is 431 g/mol. The molecule has 0 unspecified atom stereocenters. The van der Waals surface area contributed by atoms with Gasteiger partial charge in [0.05, 0.1) is 25.8 Å². The van der Waals surface area contributed by atoms with Crippen molar-refractivity contribution in [2.75, 3.05) is 42.7 Å². The van der Waals surface area contributed by atoms with E-state index < -0.39 is 25.8 Å². The van der Waals surface area contributed by atoms with E-state index in [2.05, 4.69) is 27.1 Å². The van der Waals surface area contributed by atoms with Crippen LogP contribution in [0.5, 0.6) is 0 Å². The molecule has 9 nitrogen and oxygen atoms in total. The minimum atomic E-state index is -1.83. The molecule has 2 radical (unpaired) electrons. The second kappa shape index (κ2) is 24.7. The summed E-state index contributed by atoms with van der Waals surface area (Å²) in [6.45, 7) is 0. The summed E-state index contributed by atoms with van der Waals surface area (Å²) in [4.78, 5) is 29.7. The smallest absolute Gasteiger partial charge is 0.786 e. The Labute approximate surface area is 134 Å². The van der Waals surface area contributed by atoms with E-state index in [9.17, 15) is 14.7 Å². The molecule has 19 heavy (non-hydrogen) atoms. The van der Waals surface area contributed by atoms with Crippen LogP contribution in [-0.4, -0.2) is 67.1 Å². The number of hydrogen-bond acceptors (Lipinski definition) is 9. The SMILES string of the molecule is COP([O-])OC.COP([O-])OC.COP([O-])OC.[Sb+3]. The van der Waals surface area contributed by atoms with Crippen LogP contribution in [-0.2, 0) is 27.1 Å². The van der Waals surface area contributed by atoms with E-state index in [1.807, 2.05) is 0 Å². The van der Waals surface area contributed by atoms with Crippen molar-refractivity contribution in [1.29, 1.82) is 0 Å². The Balaban J connectivity index is -0.0000000865. The molecule has 0 rings (SSSR count). The maximum atomic E-state index is 9.88. The van der Waals surface area contributed by atoms with E-state index in [-0.39, 0.29) is 24.4 Å². The molecule has 0 spiro atoms. The fourth-order valence-electron chi connectivity index (χ4n) is 0.224. The first kappa shape index (κ1) is 28.8. The monoisotopic (exact) mass is 448 g/mol. The molecule has 0 aliphatic heterocycles. The molecule has 0 amide bonds. The van der Waals surface area contributed by atoms with Gasteiger partial charge in [-0.2, -0.15) is 0 Å². The summed E-state index contributed by atoms with van der Waals surface area (Å²) < 4.78 is 25.1. The van der Waals surface area contributed by atoms with Crippen molar-refractivity contribution in [3.8, 4) is 0 Å². The van der Waals surface area contributed by atoms with Gasteiger partial charge < -0.3 is 41.8 Å². The summed E-state index contributed by atoms with van der Waals surface area (Å²) in [7, 11) is 2.45. The summed E-state index contributed by atoms with van der Waals surface area (Å²) in [6, 6.07) is 0. The summed E-state index contributed by atoms with van der Waals surface area (Å²) in [6.07, 6.45) is 0.